The van der Waals surface area contributed by atoms with E-state index in [-0.39, 0.29) is 20.1 Å². The fourth-order valence-corrected chi connectivity index (χ4v) is 3.45. The Labute approximate surface area is 214 Å². The number of hydrogen-bond donors (Lipinski definition) is 0. The second-order valence-corrected chi connectivity index (χ2v) is 7.31. The summed E-state index contributed by atoms with van der Waals surface area (Å²) in [5, 5.41) is 8.89. The van der Waals surface area contributed by atoms with Crippen LogP contribution in [0.15, 0.2) is 109 Å². The maximum Gasteiger partial charge on any atom is 0.0476 e. The van der Waals surface area contributed by atoms with Gasteiger partial charge in [-0.05, 0) is 52.7 Å². The number of hydrogen-bond acceptors (Lipinski definition) is 3. The van der Waals surface area contributed by atoms with Crippen molar-refractivity contribution in [2.24, 2.45) is 0 Å². The molecule has 167 valence electrons. The zero-order valence-electron chi connectivity index (χ0n) is 18.6. The monoisotopic (exact) mass is 616 g/mol. The molecule has 0 amide bonds. The van der Waals surface area contributed by atoms with Crippen LogP contribution in [-0.4, -0.2) is 9.97 Å². The number of benzene rings is 3. The van der Waals surface area contributed by atoms with E-state index in [1.165, 1.54) is 5.56 Å². The first-order valence-corrected chi connectivity index (χ1v) is 10.6. The molecule has 1 radical (unpaired) electrons. The zero-order chi connectivity index (χ0) is 22.9. The predicted molar refractivity (Wildman–Crippen MR) is 132 cm³/mol. The van der Waals surface area contributed by atoms with Crippen LogP contribution in [0.3, 0.4) is 0 Å². The van der Waals surface area contributed by atoms with Gasteiger partial charge in [-0.2, -0.15) is 0 Å². The van der Waals surface area contributed by atoms with Crippen LogP contribution in [0.2, 0.25) is 0 Å². The Bertz CT molecular complexity index is 1310. The normalized spacial score (nSPS) is 9.65. The Hall–Kier alpha value is -3.90. The smallest absolute Gasteiger partial charge is 0.0476 e. The van der Waals surface area contributed by atoms with Gasteiger partial charge in [0.25, 0.3) is 0 Å². The molecular weight excluding hydrogens is 595 g/mol. The minimum absolute atomic E-state index is 0. The molecule has 4 heteroatoms. The molecule has 0 saturated heterocycles. The van der Waals surface area contributed by atoms with Gasteiger partial charge in [-0.1, -0.05) is 42.5 Å². The van der Waals surface area contributed by atoms with Crippen molar-refractivity contribution in [3.8, 4) is 39.7 Å². The van der Waals surface area contributed by atoms with Gasteiger partial charge in [0.05, 0.1) is 0 Å². The fourth-order valence-electron chi connectivity index (χ4n) is 3.45. The average Bonchev–Trinajstić information content (AvgIpc) is 2.90. The van der Waals surface area contributed by atoms with Gasteiger partial charge in [-0.3, -0.25) is 0 Å². The molecule has 0 aliphatic carbocycles. The van der Waals surface area contributed by atoms with E-state index >= 15 is 0 Å². The minimum Gasteiger partial charge on any atom is -0.305 e. The first-order valence-electron chi connectivity index (χ1n) is 10.6. The van der Waals surface area contributed by atoms with Crippen molar-refractivity contribution in [2.45, 2.75) is 6.92 Å². The van der Waals surface area contributed by atoms with Crippen LogP contribution in [0.1, 0.15) is 11.1 Å². The number of aromatic nitrogens is 2. The van der Waals surface area contributed by atoms with E-state index in [1.807, 2.05) is 79.0 Å². The molecule has 2 aromatic heterocycles. The van der Waals surface area contributed by atoms with Crippen LogP contribution in [-0.2, 0) is 20.1 Å². The second kappa shape index (κ2) is 12.4. The summed E-state index contributed by atoms with van der Waals surface area (Å²) >= 11 is 0. The number of aryl methyl sites for hydroxylation is 1. The largest absolute Gasteiger partial charge is 0.305 e. The van der Waals surface area contributed by atoms with E-state index in [2.05, 4.69) is 47.2 Å². The van der Waals surface area contributed by atoms with Gasteiger partial charge >= 0.3 is 0 Å². The molecule has 5 aromatic rings. The van der Waals surface area contributed by atoms with E-state index < -0.39 is 0 Å². The predicted octanol–water partition coefficient (Wildman–Crippen LogP) is 6.94. The molecule has 0 saturated carbocycles. The third kappa shape index (κ3) is 6.11. The van der Waals surface area contributed by atoms with E-state index in [0.29, 0.717) is 5.56 Å². The third-order valence-corrected chi connectivity index (χ3v) is 5.07. The molecule has 0 N–H and O–H groups in total. The minimum atomic E-state index is 0. The molecule has 2 heterocycles. The summed E-state index contributed by atoms with van der Waals surface area (Å²) in [5.41, 5.74) is 7.82. The first kappa shape index (κ1) is 24.7. The first-order chi connectivity index (χ1) is 16.3. The Morgan fingerprint density at radius 3 is 2.18 bits per heavy atom. The average molecular weight is 616 g/mol. The van der Waals surface area contributed by atoms with Gasteiger partial charge < -0.3 is 9.97 Å². The van der Waals surface area contributed by atoms with Crippen LogP contribution in [0.5, 0.6) is 0 Å². The molecule has 0 aliphatic rings. The fraction of sp³-hybridized carbons (Fsp3) is 0.0333. The topological polar surface area (TPSA) is 49.6 Å². The molecule has 3 aromatic carbocycles. The van der Waals surface area contributed by atoms with Gasteiger partial charge in [0.15, 0.2) is 0 Å². The maximum atomic E-state index is 8.89. The summed E-state index contributed by atoms with van der Waals surface area (Å²) < 4.78 is 0. The summed E-state index contributed by atoms with van der Waals surface area (Å²) in [6.07, 6.45) is 3.60. The number of nitriles is 1. The molecule has 3 nitrogen and oxygen atoms in total. The van der Waals surface area contributed by atoms with Crippen LogP contribution >= 0.6 is 0 Å². The van der Waals surface area contributed by atoms with Crippen molar-refractivity contribution in [1.82, 2.24) is 9.97 Å². The molecule has 0 fully saturated rings. The SMILES string of the molecule is Cc1ccnc(-c2[c-]cc(C#N)cc2)c1-c1ccccc1.[Ir].[c-]1ccccc1-c1ccccn1. The zero-order valence-corrected chi connectivity index (χ0v) is 21.0. The van der Waals surface area contributed by atoms with Gasteiger partial charge in [0, 0.05) is 38.6 Å². The summed E-state index contributed by atoms with van der Waals surface area (Å²) in [7, 11) is 0. The van der Waals surface area contributed by atoms with Crippen molar-refractivity contribution >= 4 is 0 Å². The van der Waals surface area contributed by atoms with Crippen molar-refractivity contribution in [3.63, 3.8) is 0 Å². The molecule has 0 bridgehead atoms. The van der Waals surface area contributed by atoms with Crippen molar-refractivity contribution < 1.29 is 20.1 Å². The molecule has 0 atom stereocenters. The van der Waals surface area contributed by atoms with Crippen LogP contribution in [0, 0.1) is 30.4 Å². The summed E-state index contributed by atoms with van der Waals surface area (Å²) in [6, 6.07) is 39.7. The van der Waals surface area contributed by atoms with E-state index in [0.717, 1.165) is 33.6 Å². The molecule has 0 unspecified atom stereocenters. The summed E-state index contributed by atoms with van der Waals surface area (Å²) in [4.78, 5) is 8.75. The van der Waals surface area contributed by atoms with Gasteiger partial charge in [-0.25, -0.2) is 5.26 Å². The second-order valence-electron chi connectivity index (χ2n) is 7.31. The van der Waals surface area contributed by atoms with Crippen LogP contribution < -0.4 is 0 Å². The molecular formula is C30H21IrN3-2. The third-order valence-electron chi connectivity index (χ3n) is 5.07. The molecule has 34 heavy (non-hydrogen) atoms. The van der Waals surface area contributed by atoms with Gasteiger partial charge in [0.2, 0.25) is 0 Å². The molecule has 0 aliphatic heterocycles. The Morgan fingerprint density at radius 1 is 0.735 bits per heavy atom. The standard InChI is InChI=1S/C19H13N2.C11H8N.Ir/c1-14-11-12-21-19(17-9-7-15(13-20)8-10-17)18(14)16-5-3-2-4-6-16;1-2-6-10(7-3-1)11-8-4-5-9-12-11;/h2-9,11-12H,1H3;1-6,8-9H;/q2*-1;. The number of nitrogens with zero attached hydrogens (tertiary/aromatic N) is 3. The van der Waals surface area contributed by atoms with Gasteiger partial charge in [-0.15, -0.1) is 65.7 Å². The van der Waals surface area contributed by atoms with Crippen molar-refractivity contribution in [3.05, 3.63) is 133 Å². The number of rotatable bonds is 3. The summed E-state index contributed by atoms with van der Waals surface area (Å²) in [6.45, 7) is 2.08. The van der Waals surface area contributed by atoms with Crippen molar-refractivity contribution in [1.29, 1.82) is 5.26 Å². The van der Waals surface area contributed by atoms with Gasteiger partial charge in [0.1, 0.15) is 0 Å². The van der Waals surface area contributed by atoms with E-state index in [1.54, 1.807) is 18.3 Å². The number of pyridine rings is 2. The Balaban J connectivity index is 0.000000212. The maximum absolute atomic E-state index is 8.89. The van der Waals surface area contributed by atoms with Crippen molar-refractivity contribution in [2.75, 3.05) is 0 Å². The Morgan fingerprint density at radius 2 is 1.53 bits per heavy atom. The molecule has 5 rings (SSSR count). The quantitative estimate of drug-likeness (QED) is 0.207. The van der Waals surface area contributed by atoms with E-state index in [9.17, 15) is 0 Å². The summed E-state index contributed by atoms with van der Waals surface area (Å²) in [5.74, 6) is 0. The van der Waals surface area contributed by atoms with E-state index in [4.69, 9.17) is 5.26 Å². The Kier molecular flexibility index (Phi) is 9.00. The molecule has 0 spiro atoms. The van der Waals surface area contributed by atoms with Crippen LogP contribution in [0.25, 0.3) is 33.6 Å². The van der Waals surface area contributed by atoms with Crippen LogP contribution in [0.4, 0.5) is 0 Å².